The Balaban J connectivity index is 1.57. The van der Waals surface area contributed by atoms with Crippen LogP contribution in [0.25, 0.3) is 37.5 Å². The predicted molar refractivity (Wildman–Crippen MR) is 124 cm³/mol. The molecule has 7 nitrogen and oxygen atoms in total. The van der Waals surface area contributed by atoms with Crippen LogP contribution >= 0.6 is 11.3 Å². The third-order valence-corrected chi connectivity index (χ3v) is 6.95. The zero-order valence-corrected chi connectivity index (χ0v) is 18.8. The average molecular weight is 477 g/mol. The Labute approximate surface area is 195 Å². The van der Waals surface area contributed by atoms with Gasteiger partial charge in [-0.1, -0.05) is 0 Å². The van der Waals surface area contributed by atoms with Gasteiger partial charge in [-0.15, -0.1) is 11.3 Å². The van der Waals surface area contributed by atoms with E-state index in [1.807, 2.05) is 12.1 Å². The van der Waals surface area contributed by atoms with Gasteiger partial charge in [-0.25, -0.2) is 23.4 Å². The first-order valence-corrected chi connectivity index (χ1v) is 11.5. The lowest BCUT2D eigenvalue weighted by molar-refractivity contribution is 0.193. The summed E-state index contributed by atoms with van der Waals surface area (Å²) in [6.45, 7) is 3.08. The second-order valence-corrected chi connectivity index (χ2v) is 9.27. The topological polar surface area (TPSA) is 82.8 Å². The van der Waals surface area contributed by atoms with Crippen molar-refractivity contribution in [1.29, 1.82) is 0 Å². The van der Waals surface area contributed by atoms with Crippen LogP contribution in [0.3, 0.4) is 0 Å². The summed E-state index contributed by atoms with van der Waals surface area (Å²) in [5.74, 6) is -1.28. The molecule has 4 aromatic heterocycles. The minimum absolute atomic E-state index is 0.0288. The highest BCUT2D eigenvalue weighted by molar-refractivity contribution is 7.22. The average Bonchev–Trinajstić information content (AvgIpc) is 3.49. The molecule has 0 amide bonds. The molecular weight excluding hydrogens is 460 g/mol. The van der Waals surface area contributed by atoms with Gasteiger partial charge in [0.15, 0.2) is 22.7 Å². The van der Waals surface area contributed by atoms with Crippen molar-refractivity contribution in [3.05, 3.63) is 76.0 Å². The molecule has 0 bridgehead atoms. The SMILES string of the molecule is Cc1cnc2c(=O)c(-c3cc4cnc([C@H]5CCOC5)cc4s3)nn(-c3ccc(F)cc3F)c2n1. The number of aromatic nitrogens is 5. The largest absolute Gasteiger partial charge is 0.381 e. The lowest BCUT2D eigenvalue weighted by Crippen LogP contribution is -2.18. The second kappa shape index (κ2) is 8.00. The van der Waals surface area contributed by atoms with E-state index in [2.05, 4.69) is 20.1 Å². The van der Waals surface area contributed by atoms with Crippen LogP contribution in [-0.4, -0.2) is 37.9 Å². The van der Waals surface area contributed by atoms with Crippen molar-refractivity contribution in [3.63, 3.8) is 0 Å². The van der Waals surface area contributed by atoms with Gasteiger partial charge in [0.2, 0.25) is 5.43 Å². The van der Waals surface area contributed by atoms with Crippen molar-refractivity contribution in [1.82, 2.24) is 24.7 Å². The molecule has 6 rings (SSSR count). The van der Waals surface area contributed by atoms with E-state index in [1.165, 1.54) is 28.3 Å². The van der Waals surface area contributed by atoms with Gasteiger partial charge in [-0.3, -0.25) is 9.78 Å². The molecule has 1 fully saturated rings. The number of ether oxygens (including phenoxy) is 1. The summed E-state index contributed by atoms with van der Waals surface area (Å²) in [4.78, 5) is 27.2. The van der Waals surface area contributed by atoms with Crippen LogP contribution in [0.4, 0.5) is 8.78 Å². The first-order chi connectivity index (χ1) is 16.5. The second-order valence-electron chi connectivity index (χ2n) is 8.19. The summed E-state index contributed by atoms with van der Waals surface area (Å²) in [6.07, 6.45) is 4.18. The van der Waals surface area contributed by atoms with Gasteiger partial charge < -0.3 is 4.74 Å². The highest BCUT2D eigenvalue weighted by atomic mass is 32.1. The normalized spacial score (nSPS) is 16.0. The number of fused-ring (bicyclic) bond motifs is 2. The van der Waals surface area contributed by atoms with E-state index in [0.29, 0.717) is 17.2 Å². The molecule has 10 heteroatoms. The van der Waals surface area contributed by atoms with Crippen molar-refractivity contribution in [2.75, 3.05) is 13.2 Å². The molecular formula is C24H17F2N5O2S. The van der Waals surface area contributed by atoms with Crippen molar-refractivity contribution in [2.24, 2.45) is 0 Å². The maximum Gasteiger partial charge on any atom is 0.236 e. The Morgan fingerprint density at radius 3 is 2.82 bits per heavy atom. The zero-order valence-electron chi connectivity index (χ0n) is 18.0. The molecule has 0 unspecified atom stereocenters. The van der Waals surface area contributed by atoms with Crippen LogP contribution in [0, 0.1) is 18.6 Å². The number of benzene rings is 1. The lowest BCUT2D eigenvalue weighted by Gasteiger charge is -2.11. The molecule has 0 aliphatic carbocycles. The van der Waals surface area contributed by atoms with Crippen LogP contribution in [0.2, 0.25) is 0 Å². The fourth-order valence-corrected chi connectivity index (χ4v) is 5.18. The van der Waals surface area contributed by atoms with E-state index in [9.17, 15) is 13.6 Å². The van der Waals surface area contributed by atoms with E-state index in [4.69, 9.17) is 4.74 Å². The van der Waals surface area contributed by atoms with Gasteiger partial charge >= 0.3 is 0 Å². The number of nitrogens with zero attached hydrogens (tertiary/aromatic N) is 5. The molecule has 170 valence electrons. The lowest BCUT2D eigenvalue weighted by atomic mass is 10.0. The molecule has 1 atom stereocenters. The number of aryl methyl sites for hydroxylation is 1. The highest BCUT2D eigenvalue weighted by Crippen LogP contribution is 2.34. The van der Waals surface area contributed by atoms with Gasteiger partial charge in [0.25, 0.3) is 0 Å². The van der Waals surface area contributed by atoms with Gasteiger partial charge in [0.1, 0.15) is 11.5 Å². The third-order valence-electron chi connectivity index (χ3n) is 5.85. The molecule has 0 N–H and O–H groups in total. The molecule has 1 aromatic carbocycles. The summed E-state index contributed by atoms with van der Waals surface area (Å²) >= 11 is 1.40. The number of pyridine rings is 1. The Morgan fingerprint density at radius 2 is 2.03 bits per heavy atom. The fraction of sp³-hybridized carbons (Fsp3) is 0.208. The van der Waals surface area contributed by atoms with Crippen LogP contribution < -0.4 is 5.43 Å². The molecule has 0 radical (unpaired) electrons. The van der Waals surface area contributed by atoms with Gasteiger partial charge in [-0.05, 0) is 37.6 Å². The zero-order chi connectivity index (χ0) is 23.4. The standard InChI is InChI=1S/C24H17F2N5O2S/c1-12-9-28-22-23(32)21(30-31(24(22)29-12)18-3-2-15(25)7-16(18)26)20-6-14-10-27-17(8-19(14)34-20)13-4-5-33-11-13/h2-3,6-10,13H,4-5,11H2,1H3/t13-/m0/s1. The monoisotopic (exact) mass is 477 g/mol. The first-order valence-electron chi connectivity index (χ1n) is 10.7. The highest BCUT2D eigenvalue weighted by Gasteiger charge is 2.22. The van der Waals surface area contributed by atoms with Crippen molar-refractivity contribution in [3.8, 4) is 16.3 Å². The summed E-state index contributed by atoms with van der Waals surface area (Å²) in [6, 6.07) is 7.02. The summed E-state index contributed by atoms with van der Waals surface area (Å²) in [5, 5.41) is 5.35. The molecule has 34 heavy (non-hydrogen) atoms. The van der Waals surface area contributed by atoms with E-state index in [0.717, 1.165) is 40.9 Å². The first kappa shape index (κ1) is 20.9. The molecule has 1 saturated heterocycles. The summed E-state index contributed by atoms with van der Waals surface area (Å²) in [7, 11) is 0. The number of halogens is 2. The third kappa shape index (κ3) is 3.46. The summed E-state index contributed by atoms with van der Waals surface area (Å²) < 4.78 is 35.9. The molecule has 1 aliphatic heterocycles. The number of thiophene rings is 1. The molecule has 0 spiro atoms. The van der Waals surface area contributed by atoms with E-state index in [-0.39, 0.29) is 28.5 Å². The fourth-order valence-electron chi connectivity index (χ4n) is 4.12. The van der Waals surface area contributed by atoms with E-state index >= 15 is 0 Å². The van der Waals surface area contributed by atoms with Crippen LogP contribution in [-0.2, 0) is 4.74 Å². The minimum atomic E-state index is -0.823. The predicted octanol–water partition coefficient (Wildman–Crippen LogP) is 4.54. The smallest absolute Gasteiger partial charge is 0.236 e. The number of rotatable bonds is 3. The quantitative estimate of drug-likeness (QED) is 0.379. The van der Waals surface area contributed by atoms with Gasteiger partial charge in [0, 0.05) is 46.8 Å². The van der Waals surface area contributed by atoms with Crippen LogP contribution in [0.1, 0.15) is 23.7 Å². The minimum Gasteiger partial charge on any atom is -0.381 e. The van der Waals surface area contributed by atoms with Crippen molar-refractivity contribution in [2.45, 2.75) is 19.3 Å². The Bertz CT molecular complexity index is 1640. The van der Waals surface area contributed by atoms with E-state index < -0.39 is 17.1 Å². The maximum atomic E-state index is 14.7. The van der Waals surface area contributed by atoms with Gasteiger partial charge in [-0.2, -0.15) is 5.10 Å². The van der Waals surface area contributed by atoms with Crippen LogP contribution in [0.15, 0.2) is 47.5 Å². The molecule has 5 heterocycles. The Hall–Kier alpha value is -3.63. The molecule has 1 aliphatic rings. The Morgan fingerprint density at radius 1 is 1.15 bits per heavy atom. The summed E-state index contributed by atoms with van der Waals surface area (Å²) in [5.41, 5.74) is 1.32. The molecule has 5 aromatic rings. The van der Waals surface area contributed by atoms with Gasteiger partial charge in [0.05, 0.1) is 17.2 Å². The maximum absolute atomic E-state index is 14.7. The number of hydrogen-bond donors (Lipinski definition) is 0. The number of hydrogen-bond acceptors (Lipinski definition) is 7. The van der Waals surface area contributed by atoms with Crippen molar-refractivity contribution < 1.29 is 13.5 Å². The van der Waals surface area contributed by atoms with Crippen molar-refractivity contribution >= 4 is 32.6 Å². The van der Waals surface area contributed by atoms with Crippen LogP contribution in [0.5, 0.6) is 0 Å². The molecule has 0 saturated carbocycles. The Kier molecular flexibility index (Phi) is 4.93. The van der Waals surface area contributed by atoms with E-state index in [1.54, 1.807) is 13.1 Å².